The van der Waals surface area contributed by atoms with Crippen LogP contribution in [0.4, 0.5) is 0 Å². The zero-order valence-corrected chi connectivity index (χ0v) is 2.81. The molecule has 1 saturated heterocycles. The first-order valence-electron chi connectivity index (χ1n) is 1.75. The molecule has 2 heterocycles. The molecular weight excluding hydrogens is 61.6 g/mol. The minimum atomic E-state index is 0.981. The van der Waals surface area contributed by atoms with Gasteiger partial charge in [0, 0.05) is 5.73 Å². The molecule has 0 amide bonds. The monoisotopic (exact) mass is 64.0 g/mol. The van der Waals surface area contributed by atoms with Crippen molar-refractivity contribution in [2.75, 3.05) is 0 Å². The van der Waals surface area contributed by atoms with Gasteiger partial charge in [0.2, 0.25) is 0 Å². The Bertz CT molecular complexity index is 95.8. The summed E-state index contributed by atoms with van der Waals surface area (Å²) in [7, 11) is 2.15. The SMILES string of the molecule is B1N=C2BN12. The number of fused-ring (bicyclic) bond motifs is 1. The molecule has 0 spiro atoms. The third-order valence-electron chi connectivity index (χ3n) is 1.02. The van der Waals surface area contributed by atoms with Crippen LogP contribution in [0.15, 0.2) is 4.90 Å². The fourth-order valence-electron chi connectivity index (χ4n) is 0.506. The zero-order valence-electron chi connectivity index (χ0n) is 2.81. The summed E-state index contributed by atoms with van der Waals surface area (Å²) in [5.41, 5.74) is 1.31. The van der Waals surface area contributed by atoms with Crippen molar-refractivity contribution in [1.82, 2.24) is 4.72 Å². The van der Waals surface area contributed by atoms with Gasteiger partial charge in [0.05, 0.1) is 0 Å². The first kappa shape index (κ1) is 1.90. The molecule has 0 unspecified atom stereocenters. The summed E-state index contributed by atoms with van der Waals surface area (Å²) in [6.07, 6.45) is 0. The molecular formula is CH2B2N2. The van der Waals surface area contributed by atoms with Crippen molar-refractivity contribution < 1.29 is 0 Å². The second-order valence-corrected chi connectivity index (χ2v) is 1.41. The molecule has 0 aromatic rings. The van der Waals surface area contributed by atoms with Crippen LogP contribution >= 0.6 is 0 Å². The van der Waals surface area contributed by atoms with Crippen LogP contribution in [0.5, 0.6) is 0 Å². The lowest BCUT2D eigenvalue weighted by atomic mass is 10.1. The molecule has 0 saturated carbocycles. The maximum Gasteiger partial charge on any atom is 0.364 e. The lowest BCUT2D eigenvalue weighted by Gasteiger charge is -1.99. The predicted octanol–water partition coefficient (Wildman–Crippen LogP) is -1.71. The van der Waals surface area contributed by atoms with Crippen LogP contribution in [0.25, 0.3) is 0 Å². The highest BCUT2D eigenvalue weighted by Gasteiger charge is 2.36. The van der Waals surface area contributed by atoms with Crippen LogP contribution in [0.3, 0.4) is 0 Å². The molecule has 4 heteroatoms. The van der Waals surface area contributed by atoms with E-state index in [0.717, 1.165) is 7.55 Å². The fourth-order valence-corrected chi connectivity index (χ4v) is 0.506. The van der Waals surface area contributed by atoms with Gasteiger partial charge in [0.15, 0.2) is 0 Å². The van der Waals surface area contributed by atoms with Gasteiger partial charge in [-0.3, -0.25) is 0 Å². The molecule has 0 aliphatic carbocycles. The number of nitrogens with zero attached hydrogens (tertiary/aromatic N) is 2. The Balaban J connectivity index is 2.58. The predicted molar refractivity (Wildman–Crippen MR) is 23.6 cm³/mol. The van der Waals surface area contributed by atoms with E-state index in [0.29, 0.717) is 0 Å². The van der Waals surface area contributed by atoms with Crippen molar-refractivity contribution in [2.45, 2.75) is 0 Å². The molecule has 0 atom stereocenters. The van der Waals surface area contributed by atoms with Gasteiger partial charge in [-0.25, -0.2) is 0 Å². The number of hydrogen-bond acceptors (Lipinski definition) is 2. The standard InChI is InChI=1S/CH2B2N2/c2-1-4-3-5(1)2/h2-3H. The van der Waals surface area contributed by atoms with E-state index in [4.69, 9.17) is 0 Å². The van der Waals surface area contributed by atoms with Crippen molar-refractivity contribution in [2.24, 2.45) is 4.90 Å². The maximum absolute atomic E-state index is 3.99. The molecule has 1 fully saturated rings. The molecule has 0 bridgehead atoms. The van der Waals surface area contributed by atoms with E-state index in [1.807, 2.05) is 0 Å². The third kappa shape index (κ3) is 0.0820. The molecule has 0 aromatic heterocycles. The smallest absolute Gasteiger partial charge is 0.364 e. The first-order chi connectivity index (χ1) is 2.47. The second kappa shape index (κ2) is 0.329. The Morgan fingerprint density at radius 3 is 2.60 bits per heavy atom. The van der Waals surface area contributed by atoms with E-state index >= 15 is 0 Å². The van der Waals surface area contributed by atoms with Gasteiger partial charge in [-0.2, -0.15) is 0 Å². The van der Waals surface area contributed by atoms with Crippen LogP contribution in [0.2, 0.25) is 0 Å². The van der Waals surface area contributed by atoms with Gasteiger partial charge >= 0.3 is 7.55 Å². The number of hydrogen-bond donors (Lipinski definition) is 0. The quantitative estimate of drug-likeness (QED) is 0.242. The minimum Gasteiger partial charge on any atom is -0.436 e. The lowest BCUT2D eigenvalue weighted by molar-refractivity contribution is 1.11. The highest BCUT2D eigenvalue weighted by molar-refractivity contribution is 7.02. The summed E-state index contributed by atoms with van der Waals surface area (Å²) in [6, 6.07) is 0. The Kier molecular flexibility index (Phi) is 0.125. The average Bonchev–Trinajstić information content (AvgIpc) is 1.74. The molecule has 2 aliphatic rings. The van der Waals surface area contributed by atoms with Crippen LogP contribution in [-0.2, 0) is 0 Å². The van der Waals surface area contributed by atoms with Gasteiger partial charge in [0.1, 0.15) is 0 Å². The van der Waals surface area contributed by atoms with Gasteiger partial charge in [-0.1, -0.05) is 0 Å². The van der Waals surface area contributed by atoms with Crippen LogP contribution < -0.4 is 0 Å². The molecule has 22 valence electrons. The maximum atomic E-state index is 3.99. The normalized spacial score (nSPS) is 24.0. The van der Waals surface area contributed by atoms with Crippen molar-refractivity contribution in [1.29, 1.82) is 0 Å². The third-order valence-corrected chi connectivity index (χ3v) is 1.02. The largest absolute Gasteiger partial charge is 0.436 e. The minimum absolute atomic E-state index is 0.981. The molecule has 2 rings (SSSR count). The Labute approximate surface area is 31.4 Å². The second-order valence-electron chi connectivity index (χ2n) is 1.41. The Morgan fingerprint density at radius 1 is 1.80 bits per heavy atom. The summed E-state index contributed by atoms with van der Waals surface area (Å²) in [5.74, 6) is 0. The lowest BCUT2D eigenvalue weighted by Crippen LogP contribution is -2.11. The highest BCUT2D eigenvalue weighted by Crippen LogP contribution is 2.11. The molecule has 2 aliphatic heterocycles. The van der Waals surface area contributed by atoms with Gasteiger partial charge in [-0.05, 0) is 0 Å². The average molecular weight is 63.7 g/mol. The summed E-state index contributed by atoms with van der Waals surface area (Å²) in [4.78, 5) is 3.99. The highest BCUT2D eigenvalue weighted by atomic mass is 15.3. The van der Waals surface area contributed by atoms with Crippen LogP contribution in [-0.4, -0.2) is 25.4 Å². The van der Waals surface area contributed by atoms with Crippen molar-refractivity contribution >= 4 is 20.7 Å². The summed E-state index contributed by atoms with van der Waals surface area (Å²) < 4.78 is 2.22. The molecule has 0 aromatic carbocycles. The molecule has 5 heavy (non-hydrogen) atoms. The summed E-state index contributed by atoms with van der Waals surface area (Å²) in [5, 5.41) is 0. The number of rotatable bonds is 0. The van der Waals surface area contributed by atoms with Crippen LogP contribution in [0, 0.1) is 0 Å². The molecule has 0 N–H and O–H groups in total. The van der Waals surface area contributed by atoms with Gasteiger partial charge < -0.3 is 9.63 Å². The van der Waals surface area contributed by atoms with E-state index in [1.54, 1.807) is 0 Å². The van der Waals surface area contributed by atoms with E-state index in [-0.39, 0.29) is 0 Å². The van der Waals surface area contributed by atoms with E-state index < -0.39 is 0 Å². The molecule has 0 radical (unpaired) electrons. The van der Waals surface area contributed by atoms with Crippen molar-refractivity contribution in [3.8, 4) is 0 Å². The van der Waals surface area contributed by atoms with E-state index in [2.05, 4.69) is 9.63 Å². The van der Waals surface area contributed by atoms with Crippen molar-refractivity contribution in [3.05, 3.63) is 0 Å². The fraction of sp³-hybridized carbons (Fsp3) is 0. The van der Waals surface area contributed by atoms with Crippen molar-refractivity contribution in [3.63, 3.8) is 0 Å². The van der Waals surface area contributed by atoms with Gasteiger partial charge in [0.25, 0.3) is 7.41 Å². The topological polar surface area (TPSA) is 15.4 Å². The van der Waals surface area contributed by atoms with Gasteiger partial charge in [-0.15, -0.1) is 0 Å². The Morgan fingerprint density at radius 2 is 2.60 bits per heavy atom. The van der Waals surface area contributed by atoms with E-state index in [9.17, 15) is 0 Å². The van der Waals surface area contributed by atoms with Crippen LogP contribution in [0.1, 0.15) is 0 Å². The number of amidine groups is 1. The molecule has 2 nitrogen and oxygen atoms in total. The van der Waals surface area contributed by atoms with E-state index in [1.165, 1.54) is 13.1 Å². The summed E-state index contributed by atoms with van der Waals surface area (Å²) >= 11 is 0. The summed E-state index contributed by atoms with van der Waals surface area (Å²) in [6.45, 7) is 0. The first-order valence-corrected chi connectivity index (χ1v) is 1.75. The zero-order chi connectivity index (χ0) is 3.28. The Hall–Kier alpha value is -0.400.